The van der Waals surface area contributed by atoms with E-state index in [1.807, 2.05) is 12.1 Å². The number of hydrogen-bond acceptors (Lipinski definition) is 3. The number of fused-ring (bicyclic) bond motifs is 1. The average Bonchev–Trinajstić information content (AvgIpc) is 2.63. The molecule has 0 saturated carbocycles. The van der Waals surface area contributed by atoms with Crippen molar-refractivity contribution in [1.82, 2.24) is 14.5 Å². The molecular formula is C12H17BrN4. The Kier molecular flexibility index (Phi) is 3.81. The van der Waals surface area contributed by atoms with E-state index < -0.39 is 0 Å². The third kappa shape index (κ3) is 2.68. The van der Waals surface area contributed by atoms with Crippen LogP contribution in [0.25, 0.3) is 11.0 Å². The molecule has 0 spiro atoms. The monoisotopic (exact) mass is 296 g/mol. The van der Waals surface area contributed by atoms with Gasteiger partial charge in [0.15, 0.2) is 0 Å². The van der Waals surface area contributed by atoms with Crippen LogP contribution in [-0.2, 0) is 13.1 Å². The number of benzene rings is 1. The number of imidazole rings is 1. The summed E-state index contributed by atoms with van der Waals surface area (Å²) in [5.74, 6) is 0.944. The van der Waals surface area contributed by atoms with Gasteiger partial charge in [0.25, 0.3) is 0 Å². The number of likely N-dealkylation sites (N-methyl/N-ethyl adjacent to an activating group) is 1. The summed E-state index contributed by atoms with van der Waals surface area (Å²) in [6.07, 6.45) is 0. The van der Waals surface area contributed by atoms with E-state index in [4.69, 9.17) is 5.73 Å². The average molecular weight is 297 g/mol. The topological polar surface area (TPSA) is 47.1 Å². The maximum atomic E-state index is 5.75. The second kappa shape index (κ2) is 5.16. The first-order valence-corrected chi connectivity index (χ1v) is 6.40. The van der Waals surface area contributed by atoms with Crippen molar-refractivity contribution in [3.63, 3.8) is 0 Å². The van der Waals surface area contributed by atoms with E-state index in [0.717, 1.165) is 34.4 Å². The summed E-state index contributed by atoms with van der Waals surface area (Å²) in [6, 6.07) is 6.15. The van der Waals surface area contributed by atoms with Gasteiger partial charge in [0.1, 0.15) is 5.82 Å². The molecule has 1 heterocycles. The first-order chi connectivity index (χ1) is 8.11. The number of nitrogens with two attached hydrogens (primary N) is 1. The summed E-state index contributed by atoms with van der Waals surface area (Å²) in [6.45, 7) is 2.37. The third-order valence-electron chi connectivity index (χ3n) is 2.74. The second-order valence-electron chi connectivity index (χ2n) is 4.32. The molecule has 2 aromatic rings. The van der Waals surface area contributed by atoms with Crippen molar-refractivity contribution < 1.29 is 0 Å². The standard InChI is InChI=1S/C12H17BrN4/c1-16(2)5-6-17-11-4-3-9(13)7-10(11)15-12(17)8-14/h3-4,7H,5-6,8,14H2,1-2H3. The normalized spacial score (nSPS) is 11.6. The van der Waals surface area contributed by atoms with Gasteiger partial charge in [-0.3, -0.25) is 0 Å². The molecule has 0 saturated heterocycles. The summed E-state index contributed by atoms with van der Waals surface area (Å²) in [5, 5.41) is 0. The summed E-state index contributed by atoms with van der Waals surface area (Å²) in [7, 11) is 4.13. The zero-order chi connectivity index (χ0) is 12.4. The molecule has 4 nitrogen and oxygen atoms in total. The number of nitrogens with zero attached hydrogens (tertiary/aromatic N) is 3. The van der Waals surface area contributed by atoms with Gasteiger partial charge in [-0.2, -0.15) is 0 Å². The van der Waals surface area contributed by atoms with Crippen LogP contribution in [0.3, 0.4) is 0 Å². The highest BCUT2D eigenvalue weighted by Crippen LogP contribution is 2.20. The Morgan fingerprint density at radius 1 is 1.41 bits per heavy atom. The first-order valence-electron chi connectivity index (χ1n) is 5.61. The highest BCUT2D eigenvalue weighted by molar-refractivity contribution is 9.10. The molecule has 1 aromatic heterocycles. The van der Waals surface area contributed by atoms with Crippen molar-refractivity contribution >= 4 is 27.0 Å². The van der Waals surface area contributed by atoms with Gasteiger partial charge in [0.2, 0.25) is 0 Å². The van der Waals surface area contributed by atoms with Crippen LogP contribution in [0, 0.1) is 0 Å². The largest absolute Gasteiger partial charge is 0.326 e. The molecule has 17 heavy (non-hydrogen) atoms. The third-order valence-corrected chi connectivity index (χ3v) is 3.24. The molecule has 0 amide bonds. The molecule has 0 fully saturated rings. The fourth-order valence-electron chi connectivity index (χ4n) is 1.86. The predicted octanol–water partition coefficient (Wildman–Crippen LogP) is 1.82. The van der Waals surface area contributed by atoms with Crippen molar-refractivity contribution in [2.45, 2.75) is 13.1 Å². The highest BCUT2D eigenvalue weighted by Gasteiger charge is 2.09. The van der Waals surface area contributed by atoms with E-state index in [-0.39, 0.29) is 0 Å². The molecule has 1 aromatic carbocycles. The van der Waals surface area contributed by atoms with Gasteiger partial charge in [-0.1, -0.05) is 15.9 Å². The zero-order valence-electron chi connectivity index (χ0n) is 10.2. The minimum Gasteiger partial charge on any atom is -0.326 e. The molecule has 0 atom stereocenters. The fourth-order valence-corrected chi connectivity index (χ4v) is 2.21. The smallest absolute Gasteiger partial charge is 0.123 e. The molecule has 0 unspecified atom stereocenters. The van der Waals surface area contributed by atoms with Crippen molar-refractivity contribution in [1.29, 1.82) is 0 Å². The van der Waals surface area contributed by atoms with Crippen LogP contribution >= 0.6 is 15.9 Å². The van der Waals surface area contributed by atoms with E-state index in [0.29, 0.717) is 6.54 Å². The zero-order valence-corrected chi connectivity index (χ0v) is 11.7. The lowest BCUT2D eigenvalue weighted by Crippen LogP contribution is -2.20. The molecule has 0 aliphatic rings. The lowest BCUT2D eigenvalue weighted by Gasteiger charge is -2.12. The van der Waals surface area contributed by atoms with Crippen molar-refractivity contribution in [2.75, 3.05) is 20.6 Å². The molecule has 0 bridgehead atoms. The minimum absolute atomic E-state index is 0.472. The van der Waals surface area contributed by atoms with E-state index in [9.17, 15) is 0 Å². The van der Waals surface area contributed by atoms with Gasteiger partial charge in [-0.05, 0) is 32.3 Å². The SMILES string of the molecule is CN(C)CCn1c(CN)nc2cc(Br)ccc21. The molecule has 0 aliphatic heterocycles. The van der Waals surface area contributed by atoms with Crippen LogP contribution < -0.4 is 5.73 Å². The molecular weight excluding hydrogens is 280 g/mol. The summed E-state index contributed by atoms with van der Waals surface area (Å²) >= 11 is 3.46. The van der Waals surface area contributed by atoms with Gasteiger partial charge in [-0.25, -0.2) is 4.98 Å². The Morgan fingerprint density at radius 3 is 2.82 bits per heavy atom. The maximum absolute atomic E-state index is 5.75. The molecule has 5 heteroatoms. The maximum Gasteiger partial charge on any atom is 0.123 e. The summed E-state index contributed by atoms with van der Waals surface area (Å²) < 4.78 is 3.24. The minimum atomic E-state index is 0.472. The Hall–Kier alpha value is -0.910. The molecule has 2 N–H and O–H groups in total. The van der Waals surface area contributed by atoms with Gasteiger partial charge in [0.05, 0.1) is 17.6 Å². The van der Waals surface area contributed by atoms with Crippen LogP contribution in [0.1, 0.15) is 5.82 Å². The molecule has 0 radical (unpaired) electrons. The predicted molar refractivity (Wildman–Crippen MR) is 73.9 cm³/mol. The Labute approximate surface area is 110 Å². The van der Waals surface area contributed by atoms with Gasteiger partial charge < -0.3 is 15.2 Å². The van der Waals surface area contributed by atoms with Gasteiger partial charge >= 0.3 is 0 Å². The Morgan fingerprint density at radius 2 is 2.18 bits per heavy atom. The van der Waals surface area contributed by atoms with Crippen LogP contribution in [0.15, 0.2) is 22.7 Å². The fraction of sp³-hybridized carbons (Fsp3) is 0.417. The van der Waals surface area contributed by atoms with Gasteiger partial charge in [-0.15, -0.1) is 0 Å². The van der Waals surface area contributed by atoms with Gasteiger partial charge in [0, 0.05) is 17.6 Å². The van der Waals surface area contributed by atoms with E-state index in [1.165, 1.54) is 0 Å². The van der Waals surface area contributed by atoms with Crippen LogP contribution in [0.5, 0.6) is 0 Å². The first kappa shape index (κ1) is 12.5. The van der Waals surface area contributed by atoms with Crippen LogP contribution in [0.4, 0.5) is 0 Å². The highest BCUT2D eigenvalue weighted by atomic mass is 79.9. The second-order valence-corrected chi connectivity index (χ2v) is 5.24. The number of rotatable bonds is 4. The number of aromatic nitrogens is 2. The quantitative estimate of drug-likeness (QED) is 0.936. The lowest BCUT2D eigenvalue weighted by atomic mass is 10.3. The molecule has 92 valence electrons. The van der Waals surface area contributed by atoms with E-state index >= 15 is 0 Å². The molecule has 0 aliphatic carbocycles. The summed E-state index contributed by atoms with van der Waals surface area (Å²) in [5.41, 5.74) is 7.90. The van der Waals surface area contributed by atoms with Crippen LogP contribution in [-0.4, -0.2) is 35.1 Å². The molecule has 2 rings (SSSR count). The van der Waals surface area contributed by atoms with E-state index in [1.54, 1.807) is 0 Å². The van der Waals surface area contributed by atoms with Crippen molar-refractivity contribution in [2.24, 2.45) is 5.73 Å². The number of halogens is 1. The van der Waals surface area contributed by atoms with Crippen molar-refractivity contribution in [3.8, 4) is 0 Å². The van der Waals surface area contributed by atoms with Crippen LogP contribution in [0.2, 0.25) is 0 Å². The Balaban J connectivity index is 2.43. The lowest BCUT2D eigenvalue weighted by molar-refractivity contribution is 0.383. The van der Waals surface area contributed by atoms with E-state index in [2.05, 4.69) is 50.5 Å². The number of hydrogen-bond donors (Lipinski definition) is 1. The van der Waals surface area contributed by atoms with Crippen molar-refractivity contribution in [3.05, 3.63) is 28.5 Å². The summed E-state index contributed by atoms with van der Waals surface area (Å²) in [4.78, 5) is 6.72. The Bertz CT molecular complexity index is 518.